The maximum atomic E-state index is 6.11. The van der Waals surface area contributed by atoms with E-state index in [0.29, 0.717) is 18.2 Å². The molecule has 1 aliphatic heterocycles. The van der Waals surface area contributed by atoms with Crippen LogP contribution in [-0.2, 0) is 4.74 Å². The van der Waals surface area contributed by atoms with E-state index in [9.17, 15) is 0 Å². The SMILES string of the molecule is CC1CN(CCC(N)C2CC2)CC(C)O1. The standard InChI is InChI=1S/C12H24N2O/c1-9-7-14(8-10(2)15-9)6-5-12(13)11-3-4-11/h9-12H,3-8,13H2,1-2H3. The Morgan fingerprint density at radius 1 is 1.27 bits per heavy atom. The first-order chi connectivity index (χ1) is 7.15. The summed E-state index contributed by atoms with van der Waals surface area (Å²) in [6.07, 6.45) is 4.63. The van der Waals surface area contributed by atoms with Gasteiger partial charge in [-0.25, -0.2) is 0 Å². The van der Waals surface area contributed by atoms with Gasteiger partial charge in [-0.1, -0.05) is 0 Å². The Hall–Kier alpha value is -0.120. The fourth-order valence-electron chi connectivity index (χ4n) is 2.56. The molecule has 3 heteroatoms. The first-order valence-electron chi connectivity index (χ1n) is 6.28. The zero-order valence-electron chi connectivity index (χ0n) is 9.98. The Labute approximate surface area is 93.0 Å². The summed E-state index contributed by atoms with van der Waals surface area (Å²) in [5.41, 5.74) is 6.11. The van der Waals surface area contributed by atoms with Gasteiger partial charge in [0.1, 0.15) is 0 Å². The van der Waals surface area contributed by atoms with Gasteiger partial charge in [0, 0.05) is 19.1 Å². The number of morpholine rings is 1. The van der Waals surface area contributed by atoms with Gasteiger partial charge in [0.25, 0.3) is 0 Å². The summed E-state index contributed by atoms with van der Waals surface area (Å²) in [7, 11) is 0. The van der Waals surface area contributed by atoms with E-state index in [2.05, 4.69) is 18.7 Å². The van der Waals surface area contributed by atoms with Crippen molar-refractivity contribution in [2.24, 2.45) is 11.7 Å². The van der Waals surface area contributed by atoms with E-state index in [1.54, 1.807) is 0 Å². The van der Waals surface area contributed by atoms with Gasteiger partial charge in [0.05, 0.1) is 12.2 Å². The Balaban J connectivity index is 1.68. The number of rotatable bonds is 4. The fraction of sp³-hybridized carbons (Fsp3) is 1.00. The molecular weight excluding hydrogens is 188 g/mol. The minimum atomic E-state index is 0.380. The lowest BCUT2D eigenvalue weighted by molar-refractivity contribution is -0.0684. The molecule has 2 N–H and O–H groups in total. The minimum Gasteiger partial charge on any atom is -0.373 e. The molecule has 2 rings (SSSR count). The molecule has 2 aliphatic rings. The van der Waals surface area contributed by atoms with Gasteiger partial charge in [-0.3, -0.25) is 4.90 Å². The Morgan fingerprint density at radius 2 is 1.87 bits per heavy atom. The zero-order valence-corrected chi connectivity index (χ0v) is 9.98. The molecule has 1 heterocycles. The lowest BCUT2D eigenvalue weighted by atomic mass is 10.1. The number of nitrogens with zero attached hydrogens (tertiary/aromatic N) is 1. The van der Waals surface area contributed by atoms with E-state index in [1.807, 2.05) is 0 Å². The number of hydrogen-bond donors (Lipinski definition) is 1. The molecule has 2 fully saturated rings. The van der Waals surface area contributed by atoms with Crippen molar-refractivity contribution in [2.75, 3.05) is 19.6 Å². The monoisotopic (exact) mass is 212 g/mol. The van der Waals surface area contributed by atoms with Crippen molar-refractivity contribution >= 4 is 0 Å². The predicted molar refractivity (Wildman–Crippen MR) is 61.8 cm³/mol. The lowest BCUT2D eigenvalue weighted by Crippen LogP contribution is -2.46. The van der Waals surface area contributed by atoms with Crippen molar-refractivity contribution in [1.82, 2.24) is 4.90 Å². The highest BCUT2D eigenvalue weighted by Gasteiger charge is 2.29. The molecule has 0 radical (unpaired) electrons. The van der Waals surface area contributed by atoms with Crippen LogP contribution in [-0.4, -0.2) is 42.8 Å². The van der Waals surface area contributed by atoms with E-state index in [4.69, 9.17) is 10.5 Å². The van der Waals surface area contributed by atoms with E-state index in [0.717, 1.165) is 32.0 Å². The first-order valence-corrected chi connectivity index (χ1v) is 6.28. The third-order valence-corrected chi connectivity index (χ3v) is 3.50. The van der Waals surface area contributed by atoms with Crippen LogP contribution in [0, 0.1) is 5.92 Å². The summed E-state index contributed by atoms with van der Waals surface area (Å²) < 4.78 is 5.71. The molecule has 1 saturated heterocycles. The molecule has 0 aromatic carbocycles. The molecule has 0 bridgehead atoms. The highest BCUT2D eigenvalue weighted by Crippen LogP contribution is 2.32. The molecule has 88 valence electrons. The number of nitrogens with two attached hydrogens (primary N) is 1. The molecule has 15 heavy (non-hydrogen) atoms. The topological polar surface area (TPSA) is 38.5 Å². The van der Waals surface area contributed by atoms with Crippen molar-refractivity contribution < 1.29 is 4.74 Å². The van der Waals surface area contributed by atoms with Crippen LogP contribution in [0.4, 0.5) is 0 Å². The highest BCUT2D eigenvalue weighted by molar-refractivity contribution is 4.85. The van der Waals surface area contributed by atoms with E-state index in [1.165, 1.54) is 12.8 Å². The third-order valence-electron chi connectivity index (χ3n) is 3.50. The van der Waals surface area contributed by atoms with Crippen LogP contribution >= 0.6 is 0 Å². The second kappa shape index (κ2) is 4.81. The largest absolute Gasteiger partial charge is 0.373 e. The van der Waals surface area contributed by atoms with Gasteiger partial charge in [0.15, 0.2) is 0 Å². The summed E-state index contributed by atoms with van der Waals surface area (Å²) in [4.78, 5) is 2.50. The molecule has 0 spiro atoms. The molecule has 3 unspecified atom stereocenters. The van der Waals surface area contributed by atoms with Crippen LogP contribution in [0.1, 0.15) is 33.1 Å². The maximum Gasteiger partial charge on any atom is 0.0678 e. The van der Waals surface area contributed by atoms with Crippen molar-refractivity contribution in [3.05, 3.63) is 0 Å². The summed E-state index contributed by atoms with van der Waals surface area (Å²) in [6, 6.07) is 0.443. The Bertz CT molecular complexity index is 196. The van der Waals surface area contributed by atoms with Crippen molar-refractivity contribution in [3.8, 4) is 0 Å². The summed E-state index contributed by atoms with van der Waals surface area (Å²) in [5.74, 6) is 0.834. The predicted octanol–water partition coefficient (Wildman–Crippen LogP) is 1.22. The highest BCUT2D eigenvalue weighted by atomic mass is 16.5. The summed E-state index contributed by atoms with van der Waals surface area (Å²) in [6.45, 7) is 7.60. The van der Waals surface area contributed by atoms with Crippen molar-refractivity contribution in [1.29, 1.82) is 0 Å². The lowest BCUT2D eigenvalue weighted by Gasteiger charge is -2.35. The second-order valence-electron chi connectivity index (χ2n) is 5.31. The number of ether oxygens (including phenoxy) is 1. The van der Waals surface area contributed by atoms with Crippen LogP contribution in [0.5, 0.6) is 0 Å². The van der Waals surface area contributed by atoms with Crippen LogP contribution < -0.4 is 5.73 Å². The number of hydrogen-bond acceptors (Lipinski definition) is 3. The molecule has 0 aromatic rings. The summed E-state index contributed by atoms with van der Waals surface area (Å²) >= 11 is 0. The maximum absolute atomic E-state index is 6.11. The Kier molecular flexibility index (Phi) is 3.65. The van der Waals surface area contributed by atoms with Gasteiger partial charge in [0.2, 0.25) is 0 Å². The molecule has 0 amide bonds. The van der Waals surface area contributed by atoms with E-state index >= 15 is 0 Å². The average molecular weight is 212 g/mol. The van der Waals surface area contributed by atoms with Gasteiger partial charge < -0.3 is 10.5 Å². The first kappa shape index (κ1) is 11.4. The molecular formula is C12H24N2O. The second-order valence-corrected chi connectivity index (χ2v) is 5.31. The van der Waals surface area contributed by atoms with E-state index in [-0.39, 0.29) is 0 Å². The smallest absolute Gasteiger partial charge is 0.0678 e. The van der Waals surface area contributed by atoms with Crippen molar-refractivity contribution in [2.45, 2.75) is 51.4 Å². The van der Waals surface area contributed by atoms with Crippen LogP contribution in [0.15, 0.2) is 0 Å². The van der Waals surface area contributed by atoms with E-state index < -0.39 is 0 Å². The average Bonchev–Trinajstić information content (AvgIpc) is 2.95. The normalized spacial score (nSPS) is 35.4. The van der Waals surface area contributed by atoms with Gasteiger partial charge in [-0.15, -0.1) is 0 Å². The van der Waals surface area contributed by atoms with Crippen molar-refractivity contribution in [3.63, 3.8) is 0 Å². The van der Waals surface area contributed by atoms with Crippen LogP contribution in [0.3, 0.4) is 0 Å². The molecule has 0 aromatic heterocycles. The third kappa shape index (κ3) is 3.44. The van der Waals surface area contributed by atoms with Gasteiger partial charge >= 0.3 is 0 Å². The van der Waals surface area contributed by atoms with Crippen LogP contribution in [0.25, 0.3) is 0 Å². The van der Waals surface area contributed by atoms with Gasteiger partial charge in [-0.05, 0) is 45.6 Å². The summed E-state index contributed by atoms with van der Waals surface area (Å²) in [5, 5.41) is 0. The molecule has 1 aliphatic carbocycles. The Morgan fingerprint density at radius 3 is 2.40 bits per heavy atom. The molecule has 3 nitrogen and oxygen atoms in total. The van der Waals surface area contributed by atoms with Gasteiger partial charge in [-0.2, -0.15) is 0 Å². The minimum absolute atomic E-state index is 0.380. The molecule has 3 atom stereocenters. The van der Waals surface area contributed by atoms with Crippen LogP contribution in [0.2, 0.25) is 0 Å². The zero-order chi connectivity index (χ0) is 10.8. The quantitative estimate of drug-likeness (QED) is 0.761. The fourth-order valence-corrected chi connectivity index (χ4v) is 2.56. The molecule has 1 saturated carbocycles.